The Morgan fingerprint density at radius 3 is 2.12 bits per heavy atom. The maximum atomic E-state index is 3.83. The first-order chi connectivity index (χ1) is 7.09. The molecule has 1 saturated heterocycles. The van der Waals surface area contributed by atoms with E-state index in [1.165, 1.54) is 19.4 Å². The minimum atomic E-state index is 0.244. The monoisotopic (exact) mass is 226 g/mol. The SMILES string of the molecule is CC1CC(NC(C)(C)CC(C)(C)C)CN1C. The third kappa shape index (κ3) is 4.42. The van der Waals surface area contributed by atoms with Crippen LogP contribution in [0.2, 0.25) is 0 Å². The van der Waals surface area contributed by atoms with E-state index >= 15 is 0 Å². The molecule has 0 aliphatic carbocycles. The summed E-state index contributed by atoms with van der Waals surface area (Å²) in [6.07, 6.45) is 2.50. The van der Waals surface area contributed by atoms with Gasteiger partial charge in [0.05, 0.1) is 0 Å². The highest BCUT2D eigenvalue weighted by atomic mass is 15.2. The highest BCUT2D eigenvalue weighted by Crippen LogP contribution is 2.28. The predicted octanol–water partition coefficient (Wildman–Crippen LogP) is 2.88. The van der Waals surface area contributed by atoms with E-state index in [1.54, 1.807) is 0 Å². The molecule has 1 heterocycles. The maximum absolute atomic E-state index is 3.83. The van der Waals surface area contributed by atoms with Gasteiger partial charge < -0.3 is 10.2 Å². The van der Waals surface area contributed by atoms with E-state index in [0.717, 1.165) is 6.04 Å². The van der Waals surface area contributed by atoms with Crippen LogP contribution in [0.15, 0.2) is 0 Å². The quantitative estimate of drug-likeness (QED) is 0.796. The number of rotatable bonds is 3. The van der Waals surface area contributed by atoms with Crippen molar-refractivity contribution in [1.82, 2.24) is 10.2 Å². The first-order valence-corrected chi connectivity index (χ1v) is 6.57. The maximum Gasteiger partial charge on any atom is 0.0214 e. The van der Waals surface area contributed by atoms with Crippen molar-refractivity contribution in [2.24, 2.45) is 5.41 Å². The molecule has 1 fully saturated rings. The number of hydrogen-bond acceptors (Lipinski definition) is 2. The lowest BCUT2D eigenvalue weighted by atomic mass is 9.81. The Hall–Kier alpha value is -0.0800. The smallest absolute Gasteiger partial charge is 0.0214 e. The first-order valence-electron chi connectivity index (χ1n) is 6.57. The average molecular weight is 226 g/mol. The molecule has 1 N–H and O–H groups in total. The van der Waals surface area contributed by atoms with Crippen molar-refractivity contribution >= 4 is 0 Å². The van der Waals surface area contributed by atoms with Crippen molar-refractivity contribution in [3.8, 4) is 0 Å². The lowest BCUT2D eigenvalue weighted by molar-refractivity contribution is 0.222. The molecule has 2 unspecified atom stereocenters. The zero-order valence-electron chi connectivity index (χ0n) is 12.2. The second-order valence-corrected chi connectivity index (χ2v) is 7.49. The molecule has 1 rings (SSSR count). The van der Waals surface area contributed by atoms with Gasteiger partial charge in [0.2, 0.25) is 0 Å². The second kappa shape index (κ2) is 4.66. The van der Waals surface area contributed by atoms with E-state index in [1.807, 2.05) is 0 Å². The Bertz CT molecular complexity index is 217. The molecule has 0 amide bonds. The van der Waals surface area contributed by atoms with Crippen LogP contribution in [0.4, 0.5) is 0 Å². The zero-order valence-corrected chi connectivity index (χ0v) is 12.2. The van der Waals surface area contributed by atoms with Gasteiger partial charge in [-0.25, -0.2) is 0 Å². The largest absolute Gasteiger partial charge is 0.308 e. The summed E-state index contributed by atoms with van der Waals surface area (Å²) in [5, 5.41) is 3.83. The van der Waals surface area contributed by atoms with Crippen molar-refractivity contribution in [3.63, 3.8) is 0 Å². The van der Waals surface area contributed by atoms with Crippen LogP contribution in [0, 0.1) is 5.41 Å². The fraction of sp³-hybridized carbons (Fsp3) is 1.00. The Morgan fingerprint density at radius 2 is 1.75 bits per heavy atom. The van der Waals surface area contributed by atoms with Crippen LogP contribution in [-0.2, 0) is 0 Å². The van der Waals surface area contributed by atoms with Crippen LogP contribution < -0.4 is 5.32 Å². The molecule has 1 aliphatic rings. The minimum absolute atomic E-state index is 0.244. The molecule has 0 spiro atoms. The van der Waals surface area contributed by atoms with Gasteiger partial charge in [0.15, 0.2) is 0 Å². The van der Waals surface area contributed by atoms with E-state index < -0.39 is 0 Å². The van der Waals surface area contributed by atoms with Crippen LogP contribution >= 0.6 is 0 Å². The van der Waals surface area contributed by atoms with Gasteiger partial charge in [-0.1, -0.05) is 20.8 Å². The molecule has 2 nitrogen and oxygen atoms in total. The average Bonchev–Trinajstić information content (AvgIpc) is 2.23. The molecule has 0 bridgehead atoms. The highest BCUT2D eigenvalue weighted by Gasteiger charge is 2.32. The normalized spacial score (nSPS) is 28.7. The van der Waals surface area contributed by atoms with E-state index in [9.17, 15) is 0 Å². The first kappa shape index (κ1) is 14.0. The molecule has 0 aromatic carbocycles. The Kier molecular flexibility index (Phi) is 4.07. The van der Waals surface area contributed by atoms with Crippen LogP contribution in [0.25, 0.3) is 0 Å². The van der Waals surface area contributed by atoms with Crippen molar-refractivity contribution in [3.05, 3.63) is 0 Å². The zero-order chi connectivity index (χ0) is 12.6. The van der Waals surface area contributed by atoms with E-state index in [0.29, 0.717) is 11.5 Å². The second-order valence-electron chi connectivity index (χ2n) is 7.49. The fourth-order valence-electron chi connectivity index (χ4n) is 3.23. The molecule has 96 valence electrons. The molecule has 2 heteroatoms. The van der Waals surface area contributed by atoms with Crippen LogP contribution in [-0.4, -0.2) is 36.1 Å². The van der Waals surface area contributed by atoms with Gasteiger partial charge in [0.1, 0.15) is 0 Å². The topological polar surface area (TPSA) is 15.3 Å². The van der Waals surface area contributed by atoms with E-state index in [4.69, 9.17) is 0 Å². The standard InChI is InChI=1S/C14H30N2/c1-11-8-12(9-16(11)7)15-14(5,6)10-13(2,3)4/h11-12,15H,8-10H2,1-7H3. The van der Waals surface area contributed by atoms with E-state index in [-0.39, 0.29) is 5.54 Å². The molecule has 0 radical (unpaired) electrons. The molecular weight excluding hydrogens is 196 g/mol. The molecule has 16 heavy (non-hydrogen) atoms. The van der Waals surface area contributed by atoms with Crippen molar-refractivity contribution in [1.29, 1.82) is 0 Å². The predicted molar refractivity (Wildman–Crippen MR) is 71.8 cm³/mol. The third-order valence-electron chi connectivity index (χ3n) is 3.45. The minimum Gasteiger partial charge on any atom is -0.308 e. The number of nitrogens with one attached hydrogen (secondary N) is 1. The van der Waals surface area contributed by atoms with Gasteiger partial charge in [-0.2, -0.15) is 0 Å². The number of nitrogens with zero attached hydrogens (tertiary/aromatic N) is 1. The molecule has 0 aromatic rings. The summed E-state index contributed by atoms with van der Waals surface area (Å²) in [6, 6.07) is 1.39. The number of likely N-dealkylation sites (tertiary alicyclic amines) is 1. The number of hydrogen-bond donors (Lipinski definition) is 1. The lowest BCUT2D eigenvalue weighted by Gasteiger charge is -2.35. The van der Waals surface area contributed by atoms with Gasteiger partial charge in [-0.3, -0.25) is 0 Å². The van der Waals surface area contributed by atoms with Crippen LogP contribution in [0.3, 0.4) is 0 Å². The summed E-state index contributed by atoms with van der Waals surface area (Å²) < 4.78 is 0. The van der Waals surface area contributed by atoms with Gasteiger partial charge >= 0.3 is 0 Å². The fourth-order valence-corrected chi connectivity index (χ4v) is 3.23. The molecule has 0 saturated carbocycles. The van der Waals surface area contributed by atoms with Crippen molar-refractivity contribution in [2.75, 3.05) is 13.6 Å². The number of likely N-dealkylation sites (N-methyl/N-ethyl adjacent to an activating group) is 1. The Balaban J connectivity index is 2.47. The third-order valence-corrected chi connectivity index (χ3v) is 3.45. The molecule has 2 atom stereocenters. The van der Waals surface area contributed by atoms with Crippen molar-refractivity contribution < 1.29 is 0 Å². The van der Waals surface area contributed by atoms with Crippen LogP contribution in [0.1, 0.15) is 54.4 Å². The van der Waals surface area contributed by atoms with Crippen molar-refractivity contribution in [2.45, 2.75) is 72.0 Å². The summed E-state index contributed by atoms with van der Waals surface area (Å²) in [7, 11) is 2.23. The summed E-state index contributed by atoms with van der Waals surface area (Å²) in [6.45, 7) is 15.1. The summed E-state index contributed by atoms with van der Waals surface area (Å²) in [4.78, 5) is 2.45. The molecule has 1 aliphatic heterocycles. The van der Waals surface area contributed by atoms with Gasteiger partial charge in [0, 0.05) is 24.2 Å². The molecule has 0 aromatic heterocycles. The Labute approximate surface area is 102 Å². The van der Waals surface area contributed by atoms with E-state index in [2.05, 4.69) is 58.8 Å². The van der Waals surface area contributed by atoms with Gasteiger partial charge in [-0.15, -0.1) is 0 Å². The van der Waals surface area contributed by atoms with Crippen LogP contribution in [0.5, 0.6) is 0 Å². The Morgan fingerprint density at radius 1 is 1.19 bits per heavy atom. The summed E-state index contributed by atoms with van der Waals surface area (Å²) in [5.74, 6) is 0. The molecular formula is C14H30N2. The van der Waals surface area contributed by atoms with Gasteiger partial charge in [-0.05, 0) is 46.1 Å². The summed E-state index contributed by atoms with van der Waals surface area (Å²) in [5.41, 5.74) is 0.639. The van der Waals surface area contributed by atoms with Gasteiger partial charge in [0.25, 0.3) is 0 Å². The lowest BCUT2D eigenvalue weighted by Crippen LogP contribution is -2.48. The highest BCUT2D eigenvalue weighted by molar-refractivity contribution is 4.92. The summed E-state index contributed by atoms with van der Waals surface area (Å²) >= 11 is 0.